The first-order chi connectivity index (χ1) is 15.2. The van der Waals surface area contributed by atoms with Crippen LogP contribution in [0, 0.1) is 12.7 Å². The zero-order valence-corrected chi connectivity index (χ0v) is 18.6. The topological polar surface area (TPSA) is 49.4 Å². The summed E-state index contributed by atoms with van der Waals surface area (Å²) in [6.45, 7) is 8.32. The number of nitrogens with zero attached hydrogens (tertiary/aromatic N) is 1. The molecule has 4 nitrogen and oxygen atoms in total. The third-order valence-corrected chi connectivity index (χ3v) is 5.54. The molecule has 3 aromatic carbocycles. The molecular weight excluding hydrogens is 403 g/mol. The number of amides is 2. The summed E-state index contributed by atoms with van der Waals surface area (Å²) in [5, 5.41) is 3.13. The Morgan fingerprint density at radius 1 is 0.812 bits per heavy atom. The first-order valence-corrected chi connectivity index (χ1v) is 10.5. The van der Waals surface area contributed by atoms with Crippen molar-refractivity contribution < 1.29 is 14.0 Å². The number of hydrogen-bond acceptors (Lipinski definition) is 3. The van der Waals surface area contributed by atoms with Crippen LogP contribution in [0.25, 0.3) is 5.57 Å². The Kier molecular flexibility index (Phi) is 5.43. The summed E-state index contributed by atoms with van der Waals surface area (Å²) in [6.07, 6.45) is 0. The number of carbonyl (C=O) groups is 2. The molecule has 0 saturated heterocycles. The van der Waals surface area contributed by atoms with E-state index in [4.69, 9.17) is 0 Å². The Labute approximate surface area is 187 Å². The molecule has 3 aromatic rings. The van der Waals surface area contributed by atoms with Gasteiger partial charge in [-0.1, -0.05) is 74.9 Å². The fourth-order valence-corrected chi connectivity index (χ4v) is 3.68. The Bertz CT molecular complexity index is 1220. The van der Waals surface area contributed by atoms with Gasteiger partial charge in [0.25, 0.3) is 11.8 Å². The van der Waals surface area contributed by atoms with Gasteiger partial charge in [0.15, 0.2) is 0 Å². The van der Waals surface area contributed by atoms with E-state index in [0.717, 1.165) is 16.0 Å². The molecule has 1 aliphatic rings. The Hall–Kier alpha value is -3.73. The van der Waals surface area contributed by atoms with E-state index in [1.165, 1.54) is 18.2 Å². The number of para-hydroxylation sites is 1. The summed E-state index contributed by atoms with van der Waals surface area (Å²) in [6, 6.07) is 20.9. The van der Waals surface area contributed by atoms with Gasteiger partial charge in [0.1, 0.15) is 11.5 Å². The van der Waals surface area contributed by atoms with Crippen molar-refractivity contribution in [3.63, 3.8) is 0 Å². The lowest BCUT2D eigenvalue weighted by Crippen LogP contribution is -2.33. The van der Waals surface area contributed by atoms with Gasteiger partial charge < -0.3 is 5.32 Å². The predicted molar refractivity (Wildman–Crippen MR) is 126 cm³/mol. The molecule has 5 heteroatoms. The molecule has 0 fully saturated rings. The number of hydrogen-bond donors (Lipinski definition) is 1. The second kappa shape index (κ2) is 8.08. The van der Waals surface area contributed by atoms with Crippen LogP contribution in [0.2, 0.25) is 0 Å². The van der Waals surface area contributed by atoms with Crippen LogP contribution in [-0.2, 0) is 15.0 Å². The second-order valence-corrected chi connectivity index (χ2v) is 8.97. The molecule has 0 radical (unpaired) electrons. The molecule has 1 heterocycles. The summed E-state index contributed by atoms with van der Waals surface area (Å²) in [7, 11) is 0. The predicted octanol–water partition coefficient (Wildman–Crippen LogP) is 5.83. The Balaban J connectivity index is 1.79. The van der Waals surface area contributed by atoms with Crippen LogP contribution in [0.1, 0.15) is 37.5 Å². The lowest BCUT2D eigenvalue weighted by Gasteiger charge is -2.19. The van der Waals surface area contributed by atoms with Crippen LogP contribution in [0.15, 0.2) is 78.5 Å². The summed E-state index contributed by atoms with van der Waals surface area (Å²) in [5.74, 6) is -1.78. The van der Waals surface area contributed by atoms with E-state index in [2.05, 4.69) is 26.1 Å². The van der Waals surface area contributed by atoms with Crippen LogP contribution < -0.4 is 10.2 Å². The van der Waals surface area contributed by atoms with Crippen LogP contribution in [-0.4, -0.2) is 11.8 Å². The van der Waals surface area contributed by atoms with Crippen molar-refractivity contribution in [3.05, 3.63) is 101 Å². The van der Waals surface area contributed by atoms with Crippen molar-refractivity contribution in [2.45, 2.75) is 33.1 Å². The van der Waals surface area contributed by atoms with Gasteiger partial charge in [-0.3, -0.25) is 9.59 Å². The van der Waals surface area contributed by atoms with Gasteiger partial charge in [-0.05, 0) is 47.7 Å². The highest BCUT2D eigenvalue weighted by Gasteiger charge is 2.41. The maximum atomic E-state index is 14.5. The smallest absolute Gasteiger partial charge is 0.282 e. The molecule has 2 amide bonds. The molecular formula is C27H25FN2O2. The molecule has 32 heavy (non-hydrogen) atoms. The number of benzene rings is 3. The number of anilines is 2. The highest BCUT2D eigenvalue weighted by atomic mass is 19.1. The van der Waals surface area contributed by atoms with E-state index in [1.807, 2.05) is 43.3 Å². The molecule has 1 aliphatic heterocycles. The molecule has 0 atom stereocenters. The molecule has 1 N–H and O–H groups in total. The fourth-order valence-electron chi connectivity index (χ4n) is 3.68. The molecule has 4 rings (SSSR count). The number of nitrogens with one attached hydrogen (secondary N) is 1. The molecule has 0 saturated carbocycles. The van der Waals surface area contributed by atoms with Gasteiger partial charge in [-0.25, -0.2) is 9.29 Å². The number of aryl methyl sites for hydroxylation is 1. The van der Waals surface area contributed by atoms with E-state index in [1.54, 1.807) is 18.2 Å². The quantitative estimate of drug-likeness (QED) is 0.532. The van der Waals surface area contributed by atoms with Gasteiger partial charge in [0, 0.05) is 5.69 Å². The number of carbonyl (C=O) groups excluding carboxylic acids is 2. The standard InChI is InChI=1S/C27H25FN2O2/c1-17-9-11-18(12-10-17)23-24(29-20-15-13-19(14-16-20)27(2,3)4)26(32)30(25(23)31)22-8-6-5-7-21(22)28/h5-16,29H,1-4H3. The third kappa shape index (κ3) is 3.94. The largest absolute Gasteiger partial charge is 0.350 e. The van der Waals surface area contributed by atoms with Gasteiger partial charge in [0.2, 0.25) is 0 Å². The van der Waals surface area contributed by atoms with Crippen LogP contribution in [0.4, 0.5) is 15.8 Å². The maximum absolute atomic E-state index is 14.5. The first-order valence-electron chi connectivity index (χ1n) is 10.5. The monoisotopic (exact) mass is 428 g/mol. The van der Waals surface area contributed by atoms with E-state index >= 15 is 0 Å². The van der Waals surface area contributed by atoms with Crippen molar-refractivity contribution in [3.8, 4) is 0 Å². The Morgan fingerprint density at radius 2 is 1.44 bits per heavy atom. The van der Waals surface area contributed by atoms with Crippen molar-refractivity contribution in [1.29, 1.82) is 0 Å². The number of halogens is 1. The normalized spacial score (nSPS) is 14.3. The average Bonchev–Trinajstić information content (AvgIpc) is 2.99. The van der Waals surface area contributed by atoms with Gasteiger partial charge in [-0.2, -0.15) is 0 Å². The summed E-state index contributed by atoms with van der Waals surface area (Å²) < 4.78 is 14.5. The van der Waals surface area contributed by atoms with E-state index < -0.39 is 17.6 Å². The molecule has 162 valence electrons. The van der Waals surface area contributed by atoms with Crippen molar-refractivity contribution >= 4 is 28.8 Å². The van der Waals surface area contributed by atoms with Gasteiger partial charge >= 0.3 is 0 Å². The zero-order chi connectivity index (χ0) is 23.0. The zero-order valence-electron chi connectivity index (χ0n) is 18.6. The van der Waals surface area contributed by atoms with Crippen LogP contribution in [0.5, 0.6) is 0 Å². The highest BCUT2D eigenvalue weighted by Crippen LogP contribution is 2.35. The Morgan fingerprint density at radius 3 is 2.03 bits per heavy atom. The second-order valence-electron chi connectivity index (χ2n) is 8.97. The van der Waals surface area contributed by atoms with Crippen LogP contribution in [0.3, 0.4) is 0 Å². The lowest BCUT2D eigenvalue weighted by atomic mass is 9.87. The minimum absolute atomic E-state index is 0.00830. The van der Waals surface area contributed by atoms with Crippen molar-refractivity contribution in [2.75, 3.05) is 10.2 Å². The van der Waals surface area contributed by atoms with E-state index in [0.29, 0.717) is 11.3 Å². The van der Waals surface area contributed by atoms with Crippen molar-refractivity contribution in [1.82, 2.24) is 0 Å². The molecule has 0 aromatic heterocycles. The third-order valence-electron chi connectivity index (χ3n) is 5.54. The minimum atomic E-state index is -0.631. The average molecular weight is 429 g/mol. The molecule has 0 spiro atoms. The number of rotatable bonds is 4. The molecule has 0 bridgehead atoms. The lowest BCUT2D eigenvalue weighted by molar-refractivity contribution is -0.120. The number of imide groups is 1. The van der Waals surface area contributed by atoms with E-state index in [-0.39, 0.29) is 22.4 Å². The maximum Gasteiger partial charge on any atom is 0.282 e. The fraction of sp³-hybridized carbons (Fsp3) is 0.185. The molecule has 0 unspecified atom stereocenters. The van der Waals surface area contributed by atoms with Gasteiger partial charge in [-0.15, -0.1) is 0 Å². The van der Waals surface area contributed by atoms with E-state index in [9.17, 15) is 14.0 Å². The summed E-state index contributed by atoms with van der Waals surface area (Å²) >= 11 is 0. The molecule has 0 aliphatic carbocycles. The van der Waals surface area contributed by atoms with Gasteiger partial charge in [0.05, 0.1) is 11.3 Å². The van der Waals surface area contributed by atoms with Crippen LogP contribution >= 0.6 is 0 Å². The SMILES string of the molecule is Cc1ccc(C2=C(Nc3ccc(C(C)(C)C)cc3)C(=O)N(c3ccccc3F)C2=O)cc1. The summed E-state index contributed by atoms with van der Waals surface area (Å²) in [4.78, 5) is 27.6. The highest BCUT2D eigenvalue weighted by molar-refractivity contribution is 6.46. The van der Waals surface area contributed by atoms with Crippen molar-refractivity contribution in [2.24, 2.45) is 0 Å². The first kappa shape index (κ1) is 21.5. The summed E-state index contributed by atoms with van der Waals surface area (Å²) in [5.41, 5.74) is 3.74. The minimum Gasteiger partial charge on any atom is -0.350 e.